The average molecular weight is 618 g/mol. The molecule has 0 radical (unpaired) electrons. The molecule has 15 N–H and O–H groups in total. The van der Waals surface area contributed by atoms with E-state index >= 15 is 0 Å². The first-order chi connectivity index (χ1) is 19.6. The van der Waals surface area contributed by atoms with Crippen molar-refractivity contribution in [2.24, 2.45) is 50.1 Å². The van der Waals surface area contributed by atoms with Gasteiger partial charge in [0.05, 0.1) is 12.1 Å². The van der Waals surface area contributed by atoms with Gasteiger partial charge in [0.2, 0.25) is 0 Å². The fraction of sp³-hybridized carbons (Fsp3) is 0.893. The molecule has 6 atom stereocenters. The second-order valence-electron chi connectivity index (χ2n) is 11.5. The minimum Gasteiger partial charge on any atom is -0.481 e. The Morgan fingerprint density at radius 2 is 1.32 bits per heavy atom. The van der Waals surface area contributed by atoms with E-state index in [0.717, 1.165) is 103 Å². The van der Waals surface area contributed by atoms with Gasteiger partial charge >= 0.3 is 5.97 Å². The number of aliphatic imine (C=N–C) groups is 2. The molecule has 6 unspecified atom stereocenters. The van der Waals surface area contributed by atoms with Crippen LogP contribution in [0.3, 0.4) is 0 Å². The number of carboxylic acid groups (broad SMARTS) is 1. The summed E-state index contributed by atoms with van der Waals surface area (Å²) < 4.78 is 0. The van der Waals surface area contributed by atoms with Crippen LogP contribution in [0, 0.1) is 0 Å². The Hall–Kier alpha value is -1.41. The zero-order valence-electron chi connectivity index (χ0n) is 25.0. The van der Waals surface area contributed by atoms with Crippen LogP contribution in [0.2, 0.25) is 0 Å². The predicted octanol–water partition coefficient (Wildman–Crippen LogP) is 3.12. The molecule has 1 fully saturated rings. The lowest BCUT2D eigenvalue weighted by atomic mass is 9.97. The smallest absolute Gasteiger partial charge is 0.303 e. The predicted molar refractivity (Wildman–Crippen MR) is 178 cm³/mol. The van der Waals surface area contributed by atoms with Gasteiger partial charge in [-0.15, -0.1) is 0 Å². The maximum Gasteiger partial charge on any atom is 0.303 e. The maximum absolute atomic E-state index is 10.6. The topological polar surface area (TPSA) is 244 Å². The SMILES string of the molecule is NCC1CCC(N=C(N)N)C(CCCC(N)CCCCC(CCCCCC(N)CCCCC(=O)O)N=C(N)N)SS1. The highest BCUT2D eigenvalue weighted by Crippen LogP contribution is 2.42. The molecule has 1 rings (SSSR count). The van der Waals surface area contributed by atoms with Gasteiger partial charge in [0, 0.05) is 35.5 Å². The second kappa shape index (κ2) is 23.1. The van der Waals surface area contributed by atoms with E-state index in [9.17, 15) is 4.79 Å². The van der Waals surface area contributed by atoms with Crippen molar-refractivity contribution in [2.45, 2.75) is 150 Å². The van der Waals surface area contributed by atoms with Gasteiger partial charge in [-0.05, 0) is 64.2 Å². The van der Waals surface area contributed by atoms with Crippen molar-refractivity contribution in [3.05, 3.63) is 0 Å². The third kappa shape index (κ3) is 20.2. The standard InChI is InChI=1S/C28H59N9O2S2/c29-19-23-17-18-24(37-28(34)35)25(41-40-23)15-8-12-21(31)10-4-6-14-22(36-27(32)33)13-3-1-2-9-20(30)11-5-7-16-26(38)39/h20-25H,1-19,29-31H2,(H,38,39)(H4,32,33,36)(H4,34,35,37). The summed E-state index contributed by atoms with van der Waals surface area (Å²) in [6.45, 7) is 0.682. The Labute approximate surface area is 255 Å². The van der Waals surface area contributed by atoms with Crippen LogP contribution in [0.1, 0.15) is 116 Å². The average Bonchev–Trinajstić information content (AvgIpc) is 3.09. The van der Waals surface area contributed by atoms with Gasteiger partial charge in [-0.3, -0.25) is 9.79 Å². The Kier molecular flexibility index (Phi) is 21.2. The summed E-state index contributed by atoms with van der Waals surface area (Å²) in [7, 11) is 3.76. The van der Waals surface area contributed by atoms with E-state index in [1.165, 1.54) is 0 Å². The number of hydrogen-bond donors (Lipinski definition) is 8. The summed E-state index contributed by atoms with van der Waals surface area (Å²) in [6, 6.07) is 0.626. The number of unbranched alkanes of at least 4 members (excludes halogenated alkanes) is 4. The Balaban J connectivity index is 2.25. The molecular formula is C28H59N9O2S2. The van der Waals surface area contributed by atoms with Gasteiger partial charge in [0.15, 0.2) is 11.9 Å². The lowest BCUT2D eigenvalue weighted by Gasteiger charge is -2.21. The normalized spacial score (nSPS) is 21.4. The van der Waals surface area contributed by atoms with Crippen LogP contribution >= 0.6 is 21.6 Å². The third-order valence-electron chi connectivity index (χ3n) is 7.69. The van der Waals surface area contributed by atoms with Crippen LogP contribution in [0.15, 0.2) is 9.98 Å². The molecule has 0 aliphatic carbocycles. The summed E-state index contributed by atoms with van der Waals surface area (Å²) in [5.74, 6) is -0.420. The molecule has 1 aliphatic rings. The van der Waals surface area contributed by atoms with Crippen molar-refractivity contribution in [2.75, 3.05) is 6.54 Å². The van der Waals surface area contributed by atoms with Gasteiger partial charge in [0.25, 0.3) is 0 Å². The molecule has 1 heterocycles. The van der Waals surface area contributed by atoms with Gasteiger partial charge in [-0.25, -0.2) is 4.99 Å². The van der Waals surface area contributed by atoms with Crippen molar-refractivity contribution in [3.8, 4) is 0 Å². The molecule has 0 aromatic heterocycles. The number of carboxylic acids is 1. The second-order valence-corrected chi connectivity index (χ2v) is 14.3. The molecule has 0 spiro atoms. The van der Waals surface area contributed by atoms with E-state index in [4.69, 9.17) is 45.2 Å². The molecule has 240 valence electrons. The van der Waals surface area contributed by atoms with Crippen LogP contribution < -0.4 is 40.1 Å². The van der Waals surface area contributed by atoms with Crippen LogP contribution in [0.5, 0.6) is 0 Å². The monoisotopic (exact) mass is 617 g/mol. The van der Waals surface area contributed by atoms with E-state index < -0.39 is 5.97 Å². The van der Waals surface area contributed by atoms with Crippen molar-refractivity contribution >= 4 is 39.5 Å². The van der Waals surface area contributed by atoms with Crippen LogP contribution in [0.4, 0.5) is 0 Å². The quantitative estimate of drug-likeness (QED) is 0.0358. The molecule has 1 saturated heterocycles. The summed E-state index contributed by atoms with van der Waals surface area (Å²) in [6.07, 6.45) is 17.1. The molecule has 0 bridgehead atoms. The van der Waals surface area contributed by atoms with E-state index in [1.807, 2.05) is 21.6 Å². The Morgan fingerprint density at radius 1 is 0.756 bits per heavy atom. The minimum atomic E-state index is -0.739. The molecule has 11 nitrogen and oxygen atoms in total. The maximum atomic E-state index is 10.6. The minimum absolute atomic E-state index is 0.143. The van der Waals surface area contributed by atoms with E-state index in [0.29, 0.717) is 23.5 Å². The number of guanidine groups is 2. The third-order valence-corrected chi connectivity index (χ3v) is 11.2. The Morgan fingerprint density at radius 3 is 1.90 bits per heavy atom. The summed E-state index contributed by atoms with van der Waals surface area (Å²) in [4.78, 5) is 19.6. The molecule has 41 heavy (non-hydrogen) atoms. The Bertz CT molecular complexity index is 752. The van der Waals surface area contributed by atoms with Crippen molar-refractivity contribution in [3.63, 3.8) is 0 Å². The summed E-state index contributed by atoms with van der Waals surface area (Å²) >= 11 is 0. The van der Waals surface area contributed by atoms with Crippen LogP contribution in [-0.2, 0) is 4.79 Å². The molecule has 1 aliphatic heterocycles. The molecule has 0 aromatic carbocycles. The largest absolute Gasteiger partial charge is 0.481 e. The van der Waals surface area contributed by atoms with E-state index in [2.05, 4.69) is 9.98 Å². The van der Waals surface area contributed by atoms with E-state index in [-0.39, 0.29) is 42.5 Å². The highest BCUT2D eigenvalue weighted by molar-refractivity contribution is 8.77. The first-order valence-corrected chi connectivity index (χ1v) is 17.8. The lowest BCUT2D eigenvalue weighted by Crippen LogP contribution is -2.30. The van der Waals surface area contributed by atoms with Gasteiger partial charge < -0.3 is 45.2 Å². The van der Waals surface area contributed by atoms with Crippen LogP contribution in [0.25, 0.3) is 0 Å². The van der Waals surface area contributed by atoms with Crippen LogP contribution in [-0.4, -0.2) is 64.2 Å². The number of rotatable bonds is 23. The zero-order valence-corrected chi connectivity index (χ0v) is 26.6. The van der Waals surface area contributed by atoms with Gasteiger partial charge in [0.1, 0.15) is 0 Å². The summed E-state index contributed by atoms with van der Waals surface area (Å²) in [5.41, 5.74) is 41.3. The molecule has 13 heteroatoms. The zero-order chi connectivity index (χ0) is 30.5. The highest BCUT2D eigenvalue weighted by atomic mass is 33.1. The lowest BCUT2D eigenvalue weighted by molar-refractivity contribution is -0.137. The van der Waals surface area contributed by atoms with Gasteiger partial charge in [-0.2, -0.15) is 0 Å². The van der Waals surface area contributed by atoms with Crippen molar-refractivity contribution < 1.29 is 9.90 Å². The molecule has 0 saturated carbocycles. The number of carbonyl (C=O) groups is 1. The van der Waals surface area contributed by atoms with Gasteiger partial charge in [-0.1, -0.05) is 66.5 Å². The van der Waals surface area contributed by atoms with E-state index in [1.54, 1.807) is 0 Å². The van der Waals surface area contributed by atoms with Crippen molar-refractivity contribution in [1.29, 1.82) is 0 Å². The molecular weight excluding hydrogens is 559 g/mol. The first-order valence-electron chi connectivity index (χ1n) is 15.5. The molecule has 0 aromatic rings. The number of aliphatic carboxylic acids is 1. The fourth-order valence-corrected chi connectivity index (χ4v) is 8.62. The number of nitrogens with zero attached hydrogens (tertiary/aromatic N) is 2. The first kappa shape index (κ1) is 37.6. The van der Waals surface area contributed by atoms with Crippen molar-refractivity contribution in [1.82, 2.24) is 0 Å². The molecule has 0 amide bonds. The fourth-order valence-electron chi connectivity index (χ4n) is 5.33. The number of hydrogen-bond acceptors (Lipinski definition) is 8. The number of nitrogens with two attached hydrogens (primary N) is 7. The summed E-state index contributed by atoms with van der Waals surface area (Å²) in [5, 5.41) is 9.55. The highest BCUT2D eigenvalue weighted by Gasteiger charge is 2.28.